The zero-order valence-corrected chi connectivity index (χ0v) is 11.5. The van der Waals surface area contributed by atoms with E-state index in [-0.39, 0.29) is 11.5 Å². The molecule has 0 saturated heterocycles. The molecular formula is C14H18ClNO2. The third-order valence-electron chi connectivity index (χ3n) is 4.12. The van der Waals surface area contributed by atoms with Crippen LogP contribution in [0.3, 0.4) is 0 Å². The van der Waals surface area contributed by atoms with Crippen molar-refractivity contribution in [1.29, 1.82) is 0 Å². The largest absolute Gasteiger partial charge is 0.493 e. The highest BCUT2D eigenvalue weighted by atomic mass is 35.5. The van der Waals surface area contributed by atoms with Gasteiger partial charge in [-0.15, -0.1) is 0 Å². The minimum atomic E-state index is 0.0746. The summed E-state index contributed by atoms with van der Waals surface area (Å²) < 4.78 is 11.2. The fourth-order valence-corrected chi connectivity index (χ4v) is 3.20. The van der Waals surface area contributed by atoms with Gasteiger partial charge in [0.1, 0.15) is 6.10 Å². The highest BCUT2D eigenvalue weighted by molar-refractivity contribution is 6.32. The van der Waals surface area contributed by atoms with Crippen molar-refractivity contribution in [2.45, 2.75) is 37.7 Å². The molecule has 3 nitrogen and oxygen atoms in total. The first kappa shape index (κ1) is 12.1. The van der Waals surface area contributed by atoms with E-state index in [1.165, 1.54) is 0 Å². The molecule has 1 saturated carbocycles. The van der Waals surface area contributed by atoms with Crippen LogP contribution in [0.5, 0.6) is 11.5 Å². The maximum absolute atomic E-state index is 6.56. The van der Waals surface area contributed by atoms with Crippen LogP contribution in [-0.4, -0.2) is 19.8 Å². The van der Waals surface area contributed by atoms with Crippen molar-refractivity contribution in [3.63, 3.8) is 0 Å². The lowest BCUT2D eigenvalue weighted by Gasteiger charge is -2.18. The molecule has 1 fully saturated rings. The Bertz CT molecular complexity index is 497. The van der Waals surface area contributed by atoms with Gasteiger partial charge in [0.05, 0.1) is 12.1 Å². The molecule has 98 valence electrons. The fraction of sp³-hybridized carbons (Fsp3) is 0.571. The lowest BCUT2D eigenvalue weighted by Crippen LogP contribution is -2.20. The molecule has 1 unspecified atom stereocenters. The van der Waals surface area contributed by atoms with Gasteiger partial charge in [0.25, 0.3) is 0 Å². The Morgan fingerprint density at radius 1 is 1.56 bits per heavy atom. The molecule has 0 aromatic heterocycles. The number of methoxy groups -OCH3 is 1. The monoisotopic (exact) mass is 267 g/mol. The van der Waals surface area contributed by atoms with E-state index in [1.54, 1.807) is 7.11 Å². The van der Waals surface area contributed by atoms with Crippen LogP contribution in [-0.2, 0) is 11.8 Å². The lowest BCUT2D eigenvalue weighted by atomic mass is 9.93. The molecule has 2 N–H and O–H groups in total. The molecule has 0 amide bonds. The Morgan fingerprint density at radius 3 is 2.83 bits per heavy atom. The summed E-state index contributed by atoms with van der Waals surface area (Å²) in [5, 5.41) is 0.832. The molecule has 0 spiro atoms. The minimum absolute atomic E-state index is 0.0746. The molecule has 1 aliphatic heterocycles. The Kier molecular flexibility index (Phi) is 2.72. The summed E-state index contributed by atoms with van der Waals surface area (Å²) in [5.41, 5.74) is 8.20. The number of ether oxygens (including phenoxy) is 2. The van der Waals surface area contributed by atoms with Crippen LogP contribution in [0.2, 0.25) is 5.02 Å². The molecule has 0 bridgehead atoms. The standard InChI is InChI=1S/C14H18ClNO2/c1-8-5-9-12(15)10(14(7-16)3-4-14)6-11(17-2)13(9)18-8/h6,8H,3-5,7,16H2,1-2H3. The van der Waals surface area contributed by atoms with Gasteiger partial charge in [-0.3, -0.25) is 0 Å². The van der Waals surface area contributed by atoms with Gasteiger partial charge >= 0.3 is 0 Å². The lowest BCUT2D eigenvalue weighted by molar-refractivity contribution is 0.243. The number of rotatable bonds is 3. The summed E-state index contributed by atoms with van der Waals surface area (Å²) in [6.07, 6.45) is 3.23. The smallest absolute Gasteiger partial charge is 0.166 e. The molecule has 1 aromatic carbocycles. The third-order valence-corrected chi connectivity index (χ3v) is 4.55. The molecule has 18 heavy (non-hydrogen) atoms. The van der Waals surface area contributed by atoms with Crippen molar-refractivity contribution in [3.05, 3.63) is 22.2 Å². The summed E-state index contributed by atoms with van der Waals surface area (Å²) in [5.74, 6) is 1.60. The van der Waals surface area contributed by atoms with E-state index in [9.17, 15) is 0 Å². The molecule has 4 heteroatoms. The number of fused-ring (bicyclic) bond motifs is 1. The van der Waals surface area contributed by atoms with Gasteiger partial charge in [0, 0.05) is 23.9 Å². The SMILES string of the molecule is COc1cc(C2(CN)CC2)c(Cl)c2c1OC(C)C2. The van der Waals surface area contributed by atoms with Gasteiger partial charge in [0.15, 0.2) is 11.5 Å². The van der Waals surface area contributed by atoms with Crippen LogP contribution in [0.15, 0.2) is 6.07 Å². The number of hydrogen-bond donors (Lipinski definition) is 1. The topological polar surface area (TPSA) is 44.5 Å². The van der Waals surface area contributed by atoms with E-state index in [1.807, 2.05) is 13.0 Å². The van der Waals surface area contributed by atoms with Gasteiger partial charge in [-0.25, -0.2) is 0 Å². The van der Waals surface area contributed by atoms with Gasteiger partial charge in [0.2, 0.25) is 0 Å². The van der Waals surface area contributed by atoms with Crippen molar-refractivity contribution in [2.75, 3.05) is 13.7 Å². The Morgan fingerprint density at radius 2 is 2.28 bits per heavy atom. The predicted molar refractivity (Wildman–Crippen MR) is 71.8 cm³/mol. The Hall–Kier alpha value is -0.930. The molecule has 2 aliphatic rings. The molecule has 1 aliphatic carbocycles. The second kappa shape index (κ2) is 4.04. The average Bonchev–Trinajstić information content (AvgIpc) is 3.06. The van der Waals surface area contributed by atoms with E-state index in [0.717, 1.165) is 46.9 Å². The third kappa shape index (κ3) is 1.61. The molecule has 3 rings (SSSR count). The van der Waals surface area contributed by atoms with E-state index in [0.29, 0.717) is 6.54 Å². The average molecular weight is 268 g/mol. The second-order valence-corrected chi connectivity index (χ2v) is 5.74. The van der Waals surface area contributed by atoms with Crippen molar-refractivity contribution in [1.82, 2.24) is 0 Å². The summed E-state index contributed by atoms with van der Waals surface area (Å²) in [4.78, 5) is 0. The van der Waals surface area contributed by atoms with Crippen molar-refractivity contribution in [3.8, 4) is 11.5 Å². The molecular weight excluding hydrogens is 250 g/mol. The van der Waals surface area contributed by atoms with Crippen LogP contribution in [0.1, 0.15) is 30.9 Å². The summed E-state index contributed by atoms with van der Waals surface area (Å²) in [7, 11) is 1.67. The maximum atomic E-state index is 6.56. The number of hydrogen-bond acceptors (Lipinski definition) is 3. The molecule has 1 atom stereocenters. The molecule has 1 aromatic rings. The predicted octanol–water partition coefficient (Wildman–Crippen LogP) is 2.66. The van der Waals surface area contributed by atoms with Gasteiger partial charge in [-0.2, -0.15) is 0 Å². The maximum Gasteiger partial charge on any atom is 0.166 e. The van der Waals surface area contributed by atoms with Gasteiger partial charge in [-0.05, 0) is 31.4 Å². The van der Waals surface area contributed by atoms with Crippen molar-refractivity contribution in [2.24, 2.45) is 5.73 Å². The summed E-state index contributed by atoms with van der Waals surface area (Å²) in [6, 6.07) is 2.01. The van der Waals surface area contributed by atoms with Crippen LogP contribution >= 0.6 is 11.6 Å². The first-order valence-electron chi connectivity index (χ1n) is 6.38. The van der Waals surface area contributed by atoms with Crippen molar-refractivity contribution < 1.29 is 9.47 Å². The van der Waals surface area contributed by atoms with Gasteiger partial charge in [-0.1, -0.05) is 11.6 Å². The minimum Gasteiger partial charge on any atom is -0.493 e. The number of nitrogens with two attached hydrogens (primary N) is 1. The van der Waals surface area contributed by atoms with E-state index >= 15 is 0 Å². The quantitative estimate of drug-likeness (QED) is 0.916. The highest BCUT2D eigenvalue weighted by Crippen LogP contribution is 2.54. The van der Waals surface area contributed by atoms with E-state index < -0.39 is 0 Å². The Labute approximate surface area is 112 Å². The zero-order chi connectivity index (χ0) is 12.9. The van der Waals surface area contributed by atoms with Crippen molar-refractivity contribution >= 4 is 11.6 Å². The summed E-state index contributed by atoms with van der Waals surface area (Å²) >= 11 is 6.56. The Balaban J connectivity index is 2.15. The highest BCUT2D eigenvalue weighted by Gasteiger charge is 2.46. The van der Waals surface area contributed by atoms with E-state index in [2.05, 4.69) is 0 Å². The summed E-state index contributed by atoms with van der Waals surface area (Å²) in [6.45, 7) is 2.69. The normalized spacial score (nSPS) is 23.4. The van der Waals surface area contributed by atoms with Gasteiger partial charge < -0.3 is 15.2 Å². The van der Waals surface area contributed by atoms with Crippen LogP contribution in [0.25, 0.3) is 0 Å². The van der Waals surface area contributed by atoms with Crippen LogP contribution in [0.4, 0.5) is 0 Å². The fourth-order valence-electron chi connectivity index (χ4n) is 2.78. The van der Waals surface area contributed by atoms with Crippen LogP contribution in [0, 0.1) is 0 Å². The number of benzene rings is 1. The first-order valence-corrected chi connectivity index (χ1v) is 6.75. The van der Waals surface area contributed by atoms with Crippen LogP contribution < -0.4 is 15.2 Å². The number of halogens is 1. The van der Waals surface area contributed by atoms with E-state index in [4.69, 9.17) is 26.8 Å². The zero-order valence-electron chi connectivity index (χ0n) is 10.8. The molecule has 0 radical (unpaired) electrons. The first-order chi connectivity index (χ1) is 8.61. The second-order valence-electron chi connectivity index (χ2n) is 5.37. The molecule has 1 heterocycles.